The lowest BCUT2D eigenvalue weighted by Crippen LogP contribution is -2.30. The minimum Gasteiger partial charge on any atom is -0.343 e. The lowest BCUT2D eigenvalue weighted by atomic mass is 9.92. The molecule has 1 aromatic rings. The average Bonchev–Trinajstić information content (AvgIpc) is 3.02. The lowest BCUT2D eigenvalue weighted by Gasteiger charge is -2.31. The number of halogens is 3. The maximum absolute atomic E-state index is 12.1. The Morgan fingerprint density at radius 1 is 1.29 bits per heavy atom. The second kappa shape index (κ2) is 5.87. The zero-order valence-corrected chi connectivity index (χ0v) is 12.4. The van der Waals surface area contributed by atoms with Gasteiger partial charge >= 0.3 is 6.18 Å². The van der Waals surface area contributed by atoms with Crippen LogP contribution in [0.5, 0.6) is 0 Å². The first-order chi connectivity index (χ1) is 9.99. The SMILES string of the molecule is FC(F)(F)CNCCc1cc2c(s1)CCCC21OCCO1. The number of hydrogen-bond donors (Lipinski definition) is 1. The molecular formula is C14H18F3NO2S. The minimum atomic E-state index is -4.15. The van der Waals surface area contributed by atoms with Gasteiger partial charge in [-0.05, 0) is 25.3 Å². The fourth-order valence-electron chi connectivity index (χ4n) is 2.93. The smallest absolute Gasteiger partial charge is 0.343 e. The molecule has 0 unspecified atom stereocenters. The fraction of sp³-hybridized carbons (Fsp3) is 0.714. The first kappa shape index (κ1) is 15.3. The summed E-state index contributed by atoms with van der Waals surface area (Å²) in [5.41, 5.74) is 1.10. The molecule has 1 aromatic heterocycles. The van der Waals surface area contributed by atoms with Crippen LogP contribution < -0.4 is 5.32 Å². The summed E-state index contributed by atoms with van der Waals surface area (Å²) in [6.45, 7) is 0.609. The van der Waals surface area contributed by atoms with E-state index in [-0.39, 0.29) is 0 Å². The lowest BCUT2D eigenvalue weighted by molar-refractivity contribution is -0.175. The Morgan fingerprint density at radius 3 is 2.76 bits per heavy atom. The minimum absolute atomic E-state index is 0.327. The highest BCUT2D eigenvalue weighted by Gasteiger charge is 2.43. The number of fused-ring (bicyclic) bond motifs is 2. The molecule has 2 aliphatic rings. The molecule has 3 nitrogen and oxygen atoms in total. The van der Waals surface area contributed by atoms with Crippen LogP contribution in [0.3, 0.4) is 0 Å². The van der Waals surface area contributed by atoms with Gasteiger partial charge in [-0.15, -0.1) is 11.3 Å². The number of thiophene rings is 1. The summed E-state index contributed by atoms with van der Waals surface area (Å²) in [5, 5.41) is 2.43. The van der Waals surface area contributed by atoms with Crippen LogP contribution in [0.15, 0.2) is 6.07 Å². The van der Waals surface area contributed by atoms with E-state index in [0.29, 0.717) is 26.2 Å². The van der Waals surface area contributed by atoms with Gasteiger partial charge in [0.15, 0.2) is 5.79 Å². The van der Waals surface area contributed by atoms with Crippen LogP contribution >= 0.6 is 11.3 Å². The molecule has 7 heteroatoms. The largest absolute Gasteiger partial charge is 0.401 e. The topological polar surface area (TPSA) is 30.5 Å². The molecule has 1 spiro atoms. The molecule has 0 bridgehead atoms. The van der Waals surface area contributed by atoms with Crippen molar-refractivity contribution in [2.45, 2.75) is 37.6 Å². The number of nitrogens with one attached hydrogen (secondary N) is 1. The van der Waals surface area contributed by atoms with Crippen LogP contribution in [0.25, 0.3) is 0 Å². The van der Waals surface area contributed by atoms with E-state index in [4.69, 9.17) is 9.47 Å². The Bertz CT molecular complexity index is 495. The molecule has 0 aromatic carbocycles. The standard InChI is InChI=1S/C14H18F3NO2S/c15-14(16,17)9-18-5-3-10-8-11-12(21-10)2-1-4-13(11)19-6-7-20-13/h8,18H,1-7,9H2. The van der Waals surface area contributed by atoms with E-state index in [1.807, 2.05) is 0 Å². The molecule has 3 rings (SSSR count). The third-order valence-electron chi connectivity index (χ3n) is 3.81. The van der Waals surface area contributed by atoms with Crippen molar-refractivity contribution in [3.8, 4) is 0 Å². The number of aryl methyl sites for hydroxylation is 1. The molecule has 0 atom stereocenters. The van der Waals surface area contributed by atoms with Crippen LogP contribution in [-0.2, 0) is 28.1 Å². The van der Waals surface area contributed by atoms with Gasteiger partial charge in [-0.25, -0.2) is 0 Å². The zero-order chi connectivity index (χ0) is 14.9. The predicted molar refractivity (Wildman–Crippen MR) is 73.5 cm³/mol. The van der Waals surface area contributed by atoms with Crippen molar-refractivity contribution < 1.29 is 22.6 Å². The summed E-state index contributed by atoms with van der Waals surface area (Å²) in [6.07, 6.45) is -0.652. The van der Waals surface area contributed by atoms with Crippen molar-refractivity contribution in [1.82, 2.24) is 5.32 Å². The quantitative estimate of drug-likeness (QED) is 0.865. The van der Waals surface area contributed by atoms with Gasteiger partial charge in [0, 0.05) is 28.3 Å². The Labute approximate surface area is 125 Å². The van der Waals surface area contributed by atoms with Crippen molar-refractivity contribution in [3.05, 3.63) is 21.4 Å². The molecule has 2 heterocycles. The fourth-order valence-corrected chi connectivity index (χ4v) is 4.20. The Balaban J connectivity index is 1.62. The third-order valence-corrected chi connectivity index (χ3v) is 5.06. The summed E-state index contributed by atoms with van der Waals surface area (Å²) >= 11 is 1.67. The molecule has 1 N–H and O–H groups in total. The second-order valence-corrected chi connectivity index (χ2v) is 6.62. The molecule has 1 saturated heterocycles. The van der Waals surface area contributed by atoms with E-state index in [0.717, 1.165) is 29.7 Å². The zero-order valence-electron chi connectivity index (χ0n) is 11.6. The average molecular weight is 321 g/mol. The Morgan fingerprint density at radius 2 is 2.05 bits per heavy atom. The third kappa shape index (κ3) is 3.41. The molecule has 0 radical (unpaired) electrons. The Kier molecular flexibility index (Phi) is 4.27. The van der Waals surface area contributed by atoms with Gasteiger partial charge in [-0.3, -0.25) is 0 Å². The van der Waals surface area contributed by atoms with E-state index in [9.17, 15) is 13.2 Å². The van der Waals surface area contributed by atoms with Crippen LogP contribution in [0, 0.1) is 0 Å². The highest BCUT2D eigenvalue weighted by atomic mass is 32.1. The monoisotopic (exact) mass is 321 g/mol. The highest BCUT2D eigenvalue weighted by Crippen LogP contribution is 2.45. The van der Waals surface area contributed by atoms with Gasteiger partial charge in [-0.1, -0.05) is 0 Å². The summed E-state index contributed by atoms with van der Waals surface area (Å²) < 4.78 is 47.8. The number of hydrogen-bond acceptors (Lipinski definition) is 4. The molecule has 0 amide bonds. The van der Waals surface area contributed by atoms with Crippen LogP contribution in [-0.4, -0.2) is 32.5 Å². The summed E-state index contributed by atoms with van der Waals surface area (Å²) in [4.78, 5) is 2.35. The molecule has 0 saturated carbocycles. The molecular weight excluding hydrogens is 303 g/mol. The maximum atomic E-state index is 12.1. The first-order valence-electron chi connectivity index (χ1n) is 7.16. The van der Waals surface area contributed by atoms with Crippen LogP contribution in [0.2, 0.25) is 0 Å². The van der Waals surface area contributed by atoms with E-state index < -0.39 is 18.5 Å². The Hall–Kier alpha value is -0.630. The number of alkyl halides is 3. The van der Waals surface area contributed by atoms with Crippen molar-refractivity contribution in [1.29, 1.82) is 0 Å². The van der Waals surface area contributed by atoms with Crippen molar-refractivity contribution in [2.75, 3.05) is 26.3 Å². The van der Waals surface area contributed by atoms with Gasteiger partial charge < -0.3 is 14.8 Å². The summed E-state index contributed by atoms with van der Waals surface area (Å²) in [7, 11) is 0. The summed E-state index contributed by atoms with van der Waals surface area (Å²) in [6, 6.07) is 2.06. The van der Waals surface area contributed by atoms with Gasteiger partial charge in [-0.2, -0.15) is 13.2 Å². The van der Waals surface area contributed by atoms with Crippen molar-refractivity contribution in [3.63, 3.8) is 0 Å². The van der Waals surface area contributed by atoms with Crippen LogP contribution in [0.4, 0.5) is 13.2 Å². The van der Waals surface area contributed by atoms with E-state index in [1.165, 1.54) is 4.88 Å². The predicted octanol–water partition coefficient (Wildman–Crippen LogP) is 2.98. The van der Waals surface area contributed by atoms with Gasteiger partial charge in [0.2, 0.25) is 0 Å². The van der Waals surface area contributed by atoms with Crippen molar-refractivity contribution >= 4 is 11.3 Å². The molecule has 118 valence electrons. The van der Waals surface area contributed by atoms with Crippen LogP contribution in [0.1, 0.15) is 28.2 Å². The highest BCUT2D eigenvalue weighted by molar-refractivity contribution is 7.12. The maximum Gasteiger partial charge on any atom is 0.401 e. The van der Waals surface area contributed by atoms with Crippen molar-refractivity contribution in [2.24, 2.45) is 0 Å². The second-order valence-electron chi connectivity index (χ2n) is 5.39. The van der Waals surface area contributed by atoms with E-state index >= 15 is 0 Å². The van der Waals surface area contributed by atoms with Gasteiger partial charge in [0.1, 0.15) is 0 Å². The molecule has 1 fully saturated rings. The number of ether oxygens (including phenoxy) is 2. The molecule has 1 aliphatic heterocycles. The van der Waals surface area contributed by atoms with E-state index in [1.54, 1.807) is 11.3 Å². The first-order valence-corrected chi connectivity index (χ1v) is 7.98. The number of rotatable bonds is 4. The van der Waals surface area contributed by atoms with E-state index in [2.05, 4.69) is 11.4 Å². The van der Waals surface area contributed by atoms with Gasteiger partial charge in [0.25, 0.3) is 0 Å². The van der Waals surface area contributed by atoms with Gasteiger partial charge in [0.05, 0.1) is 19.8 Å². The molecule has 21 heavy (non-hydrogen) atoms. The molecule has 1 aliphatic carbocycles. The normalized spacial score (nSPS) is 20.9. The summed E-state index contributed by atoms with van der Waals surface area (Å²) in [5.74, 6) is -0.582.